The summed E-state index contributed by atoms with van der Waals surface area (Å²) in [5, 5.41) is 8.99. The Bertz CT molecular complexity index is 741. The summed E-state index contributed by atoms with van der Waals surface area (Å²) in [7, 11) is -4.06. The zero-order valence-electron chi connectivity index (χ0n) is 10.1. The summed E-state index contributed by atoms with van der Waals surface area (Å²) in [4.78, 5) is 10.7. The highest BCUT2D eigenvalue weighted by atomic mass is 32.2. The molecule has 7 heteroatoms. The molecule has 0 spiro atoms. The summed E-state index contributed by atoms with van der Waals surface area (Å²) in [6, 6.07) is 9.93. The molecule has 0 aromatic heterocycles. The van der Waals surface area contributed by atoms with E-state index in [4.69, 9.17) is 5.11 Å². The van der Waals surface area contributed by atoms with E-state index in [1.54, 1.807) is 0 Å². The molecule has 0 saturated carbocycles. The highest BCUT2D eigenvalue weighted by Crippen LogP contribution is 2.19. The zero-order chi connectivity index (χ0) is 14.8. The third-order valence-electron chi connectivity index (χ3n) is 2.50. The van der Waals surface area contributed by atoms with Gasteiger partial charge in [0.1, 0.15) is 10.7 Å². The van der Waals surface area contributed by atoms with E-state index in [1.165, 1.54) is 36.4 Å². The third kappa shape index (κ3) is 2.94. The molecule has 2 rings (SSSR count). The monoisotopic (exact) mass is 295 g/mol. The topological polar surface area (TPSA) is 83.5 Å². The van der Waals surface area contributed by atoms with Crippen LogP contribution in [0, 0.1) is 5.82 Å². The molecular weight excluding hydrogens is 285 g/mol. The standard InChI is InChI=1S/C13H10FNO4S/c14-9-5-7-10(8-6-9)15-20(18,19)12-4-2-1-3-11(12)13(16)17/h1-8,15H,(H,16,17). The average molecular weight is 295 g/mol. The summed E-state index contributed by atoms with van der Waals surface area (Å²) in [5.74, 6) is -1.84. The first-order chi connectivity index (χ1) is 9.40. The van der Waals surface area contributed by atoms with E-state index < -0.39 is 21.8 Å². The van der Waals surface area contributed by atoms with Crippen molar-refractivity contribution in [3.05, 3.63) is 59.9 Å². The molecule has 2 aromatic rings. The Morgan fingerprint density at radius 2 is 1.65 bits per heavy atom. The second kappa shape index (κ2) is 5.30. The number of anilines is 1. The molecule has 0 atom stereocenters. The van der Waals surface area contributed by atoms with Crippen molar-refractivity contribution in [3.63, 3.8) is 0 Å². The lowest BCUT2D eigenvalue weighted by molar-refractivity contribution is 0.0692. The molecule has 0 saturated heterocycles. The number of hydrogen-bond acceptors (Lipinski definition) is 3. The summed E-state index contributed by atoms with van der Waals surface area (Å²) in [6.45, 7) is 0. The molecule has 0 heterocycles. The van der Waals surface area contributed by atoms with Crippen LogP contribution in [0.25, 0.3) is 0 Å². The van der Waals surface area contributed by atoms with Crippen LogP contribution in [0.5, 0.6) is 0 Å². The number of rotatable bonds is 4. The van der Waals surface area contributed by atoms with Crippen molar-refractivity contribution >= 4 is 21.7 Å². The first kappa shape index (κ1) is 14.0. The van der Waals surface area contributed by atoms with Crippen molar-refractivity contribution in [1.29, 1.82) is 0 Å². The van der Waals surface area contributed by atoms with Gasteiger partial charge < -0.3 is 5.11 Å². The zero-order valence-corrected chi connectivity index (χ0v) is 10.9. The molecule has 0 fully saturated rings. The van der Waals surface area contributed by atoms with E-state index in [9.17, 15) is 17.6 Å². The molecule has 2 aromatic carbocycles. The van der Waals surface area contributed by atoms with Gasteiger partial charge in [-0.25, -0.2) is 17.6 Å². The van der Waals surface area contributed by atoms with E-state index in [-0.39, 0.29) is 16.1 Å². The van der Waals surface area contributed by atoms with Crippen molar-refractivity contribution in [2.24, 2.45) is 0 Å². The smallest absolute Gasteiger partial charge is 0.337 e. The van der Waals surface area contributed by atoms with Gasteiger partial charge in [-0.15, -0.1) is 0 Å². The van der Waals surface area contributed by atoms with Gasteiger partial charge in [-0.3, -0.25) is 4.72 Å². The van der Waals surface area contributed by atoms with Crippen LogP contribution in [0.4, 0.5) is 10.1 Å². The number of carbonyl (C=O) groups is 1. The van der Waals surface area contributed by atoms with Gasteiger partial charge in [-0.05, 0) is 36.4 Å². The van der Waals surface area contributed by atoms with Crippen molar-refractivity contribution in [3.8, 4) is 0 Å². The quantitative estimate of drug-likeness (QED) is 0.906. The van der Waals surface area contributed by atoms with Crippen molar-refractivity contribution < 1.29 is 22.7 Å². The fourth-order valence-corrected chi connectivity index (χ4v) is 2.86. The van der Waals surface area contributed by atoms with Crippen LogP contribution in [-0.4, -0.2) is 19.5 Å². The van der Waals surface area contributed by atoms with Crippen LogP contribution in [0.3, 0.4) is 0 Å². The van der Waals surface area contributed by atoms with Crippen molar-refractivity contribution in [2.45, 2.75) is 4.90 Å². The van der Waals surface area contributed by atoms with Crippen molar-refractivity contribution in [1.82, 2.24) is 0 Å². The van der Waals surface area contributed by atoms with Crippen LogP contribution >= 0.6 is 0 Å². The number of benzene rings is 2. The van der Waals surface area contributed by atoms with Gasteiger partial charge in [0.25, 0.3) is 10.0 Å². The molecule has 0 aliphatic carbocycles. The Morgan fingerprint density at radius 3 is 2.25 bits per heavy atom. The molecule has 0 unspecified atom stereocenters. The van der Waals surface area contributed by atoms with Crippen LogP contribution in [-0.2, 0) is 10.0 Å². The van der Waals surface area contributed by atoms with E-state index in [0.717, 1.165) is 12.1 Å². The van der Waals surface area contributed by atoms with Gasteiger partial charge in [0, 0.05) is 5.69 Å². The maximum absolute atomic E-state index is 12.8. The average Bonchev–Trinajstić information content (AvgIpc) is 2.41. The van der Waals surface area contributed by atoms with Crippen molar-refractivity contribution in [2.75, 3.05) is 4.72 Å². The Morgan fingerprint density at radius 1 is 1.05 bits per heavy atom. The Kier molecular flexibility index (Phi) is 3.71. The lowest BCUT2D eigenvalue weighted by atomic mass is 10.2. The molecule has 0 amide bonds. The maximum Gasteiger partial charge on any atom is 0.337 e. The molecule has 104 valence electrons. The molecule has 0 radical (unpaired) electrons. The molecule has 0 bridgehead atoms. The SMILES string of the molecule is O=C(O)c1ccccc1S(=O)(=O)Nc1ccc(F)cc1. The minimum atomic E-state index is -4.06. The number of hydrogen-bond donors (Lipinski definition) is 2. The van der Waals surface area contributed by atoms with E-state index >= 15 is 0 Å². The Labute approximate surface area is 114 Å². The van der Waals surface area contributed by atoms with Crippen LogP contribution in [0.15, 0.2) is 53.4 Å². The Hall–Kier alpha value is -2.41. The van der Waals surface area contributed by atoms with Gasteiger partial charge in [-0.2, -0.15) is 0 Å². The van der Waals surface area contributed by atoms with Crippen LogP contribution < -0.4 is 4.72 Å². The first-order valence-corrected chi connectivity index (χ1v) is 6.99. The molecular formula is C13H10FNO4S. The summed E-state index contributed by atoms with van der Waals surface area (Å²) < 4.78 is 39.2. The number of nitrogens with one attached hydrogen (secondary N) is 1. The van der Waals surface area contributed by atoms with Crippen LogP contribution in [0.1, 0.15) is 10.4 Å². The minimum absolute atomic E-state index is 0.145. The second-order valence-corrected chi connectivity index (χ2v) is 5.56. The maximum atomic E-state index is 12.8. The van der Waals surface area contributed by atoms with E-state index in [0.29, 0.717) is 0 Å². The first-order valence-electron chi connectivity index (χ1n) is 5.51. The van der Waals surface area contributed by atoms with Gasteiger partial charge >= 0.3 is 5.97 Å². The lowest BCUT2D eigenvalue weighted by Gasteiger charge is -2.10. The Balaban J connectivity index is 2.41. The number of sulfonamides is 1. The minimum Gasteiger partial charge on any atom is -0.478 e. The highest BCUT2D eigenvalue weighted by Gasteiger charge is 2.21. The van der Waals surface area contributed by atoms with Gasteiger partial charge in [0.15, 0.2) is 0 Å². The summed E-state index contributed by atoms with van der Waals surface area (Å²) >= 11 is 0. The number of carboxylic acid groups (broad SMARTS) is 1. The molecule has 20 heavy (non-hydrogen) atoms. The predicted octanol–water partition coefficient (Wildman–Crippen LogP) is 2.32. The molecule has 5 nitrogen and oxygen atoms in total. The van der Waals surface area contributed by atoms with E-state index in [2.05, 4.69) is 4.72 Å². The molecule has 0 aliphatic rings. The second-order valence-electron chi connectivity index (χ2n) is 3.91. The normalized spacial score (nSPS) is 11.1. The summed E-state index contributed by atoms with van der Waals surface area (Å²) in [6.07, 6.45) is 0. The predicted molar refractivity (Wildman–Crippen MR) is 70.6 cm³/mol. The highest BCUT2D eigenvalue weighted by molar-refractivity contribution is 7.92. The lowest BCUT2D eigenvalue weighted by Crippen LogP contribution is -2.16. The fourth-order valence-electron chi connectivity index (χ4n) is 1.61. The number of carboxylic acids is 1. The number of aromatic carboxylic acids is 1. The largest absolute Gasteiger partial charge is 0.478 e. The van der Waals surface area contributed by atoms with Gasteiger partial charge in [0.2, 0.25) is 0 Å². The van der Waals surface area contributed by atoms with Gasteiger partial charge in [-0.1, -0.05) is 12.1 Å². The molecule has 2 N–H and O–H groups in total. The third-order valence-corrected chi connectivity index (χ3v) is 3.94. The summed E-state index contributed by atoms with van der Waals surface area (Å²) in [5.41, 5.74) is -0.186. The molecule has 0 aliphatic heterocycles. The van der Waals surface area contributed by atoms with Gasteiger partial charge in [0.05, 0.1) is 5.56 Å². The fraction of sp³-hybridized carbons (Fsp3) is 0. The number of halogens is 1. The van der Waals surface area contributed by atoms with E-state index in [1.807, 2.05) is 0 Å². The van der Waals surface area contributed by atoms with Crippen LogP contribution in [0.2, 0.25) is 0 Å².